The summed E-state index contributed by atoms with van der Waals surface area (Å²) in [6.45, 7) is 7.31. The smallest absolute Gasteiger partial charge is 0.0271 e. The van der Waals surface area contributed by atoms with Gasteiger partial charge in [0.25, 0.3) is 0 Å². The van der Waals surface area contributed by atoms with Crippen LogP contribution in [0.3, 0.4) is 0 Å². The Morgan fingerprint density at radius 1 is 1.50 bits per heavy atom. The fraction of sp³-hybridized carbons (Fsp3) is 0.750. The summed E-state index contributed by atoms with van der Waals surface area (Å²) in [7, 11) is 2.16. The van der Waals surface area contributed by atoms with Gasteiger partial charge in [-0.2, -0.15) is 0 Å². The van der Waals surface area contributed by atoms with Crippen molar-refractivity contribution in [3.8, 4) is 0 Å². The molecule has 0 saturated carbocycles. The largest absolute Gasteiger partial charge is 0.388 e. The molecule has 10 heavy (non-hydrogen) atoms. The summed E-state index contributed by atoms with van der Waals surface area (Å²) in [6, 6.07) is 0. The molecule has 1 fully saturated rings. The van der Waals surface area contributed by atoms with Crippen LogP contribution in [0.2, 0.25) is 0 Å². The first kappa shape index (κ1) is 7.61. The van der Waals surface area contributed by atoms with Crippen molar-refractivity contribution in [1.29, 1.82) is 0 Å². The Balaban J connectivity index is 2.27. The number of hydrogen-bond donors (Lipinski definition) is 1. The van der Waals surface area contributed by atoms with Crippen LogP contribution in [0.1, 0.15) is 12.8 Å². The Labute approximate surface area is 62.9 Å². The topological polar surface area (TPSA) is 15.3 Å². The molecule has 1 heterocycles. The van der Waals surface area contributed by atoms with Crippen LogP contribution >= 0.6 is 0 Å². The predicted molar refractivity (Wildman–Crippen MR) is 43.9 cm³/mol. The van der Waals surface area contributed by atoms with Crippen molar-refractivity contribution in [2.45, 2.75) is 12.8 Å². The predicted octanol–water partition coefficient (Wildman–Crippen LogP) is 0.815. The van der Waals surface area contributed by atoms with Crippen LogP contribution in [0.25, 0.3) is 0 Å². The zero-order chi connectivity index (χ0) is 7.40. The zero-order valence-corrected chi connectivity index (χ0v) is 6.69. The summed E-state index contributed by atoms with van der Waals surface area (Å²) in [5, 5.41) is 3.28. The van der Waals surface area contributed by atoms with E-state index in [1.165, 1.54) is 18.7 Å². The van der Waals surface area contributed by atoms with E-state index in [9.17, 15) is 0 Å². The molecule has 0 spiro atoms. The van der Waals surface area contributed by atoms with Crippen molar-refractivity contribution in [3.05, 3.63) is 12.3 Å². The van der Waals surface area contributed by atoms with Crippen molar-refractivity contribution >= 4 is 0 Å². The third-order valence-electron chi connectivity index (χ3n) is 1.89. The third kappa shape index (κ3) is 2.40. The van der Waals surface area contributed by atoms with Crippen LogP contribution in [0.5, 0.6) is 0 Å². The molecule has 1 aliphatic rings. The molecule has 2 nitrogen and oxygen atoms in total. The number of nitrogens with zero attached hydrogens (tertiary/aromatic N) is 1. The van der Waals surface area contributed by atoms with Crippen LogP contribution < -0.4 is 5.32 Å². The summed E-state index contributed by atoms with van der Waals surface area (Å²) in [5.74, 6) is 0. The fourth-order valence-electron chi connectivity index (χ4n) is 1.19. The molecule has 0 unspecified atom stereocenters. The molecule has 1 aliphatic heterocycles. The fourth-order valence-corrected chi connectivity index (χ4v) is 1.19. The average molecular weight is 140 g/mol. The van der Waals surface area contributed by atoms with E-state index >= 15 is 0 Å². The maximum absolute atomic E-state index is 3.91. The molecule has 0 aliphatic carbocycles. The van der Waals surface area contributed by atoms with Crippen molar-refractivity contribution in [2.24, 2.45) is 0 Å². The van der Waals surface area contributed by atoms with E-state index in [0.29, 0.717) is 0 Å². The second-order valence-corrected chi connectivity index (χ2v) is 2.94. The Kier molecular flexibility index (Phi) is 2.75. The number of rotatable bonds is 0. The van der Waals surface area contributed by atoms with E-state index < -0.39 is 0 Å². The van der Waals surface area contributed by atoms with Gasteiger partial charge in [-0.25, -0.2) is 0 Å². The van der Waals surface area contributed by atoms with Gasteiger partial charge in [0.05, 0.1) is 0 Å². The molecule has 0 bridgehead atoms. The molecule has 1 saturated heterocycles. The van der Waals surface area contributed by atoms with Gasteiger partial charge in [0.2, 0.25) is 0 Å². The SMILES string of the molecule is C=C1CCCN(C)CCN1. The van der Waals surface area contributed by atoms with E-state index in [1.807, 2.05) is 0 Å². The maximum atomic E-state index is 3.91. The Bertz CT molecular complexity index is 108. The lowest BCUT2D eigenvalue weighted by Gasteiger charge is -2.21. The van der Waals surface area contributed by atoms with Crippen LogP contribution in [-0.2, 0) is 0 Å². The first-order chi connectivity index (χ1) is 4.79. The zero-order valence-electron chi connectivity index (χ0n) is 6.69. The van der Waals surface area contributed by atoms with Gasteiger partial charge in [-0.3, -0.25) is 0 Å². The highest BCUT2D eigenvalue weighted by molar-refractivity contribution is 4.92. The molecule has 0 radical (unpaired) electrons. The number of nitrogens with one attached hydrogen (secondary N) is 1. The average Bonchev–Trinajstić information content (AvgIpc) is 1.84. The lowest BCUT2D eigenvalue weighted by atomic mass is 10.2. The first-order valence-electron chi connectivity index (χ1n) is 3.89. The summed E-state index contributed by atoms with van der Waals surface area (Å²) < 4.78 is 0. The lowest BCUT2D eigenvalue weighted by Crippen LogP contribution is -2.32. The van der Waals surface area contributed by atoms with E-state index in [2.05, 4.69) is 23.8 Å². The Morgan fingerprint density at radius 2 is 2.30 bits per heavy atom. The van der Waals surface area contributed by atoms with Crippen molar-refractivity contribution in [2.75, 3.05) is 26.7 Å². The number of likely N-dealkylation sites (N-methyl/N-ethyl adjacent to an activating group) is 1. The minimum absolute atomic E-state index is 1.05. The molecular formula is C8H16N2. The highest BCUT2D eigenvalue weighted by Gasteiger charge is 2.02. The summed E-state index contributed by atoms with van der Waals surface area (Å²) in [5.41, 5.74) is 1.20. The van der Waals surface area contributed by atoms with Crippen molar-refractivity contribution < 1.29 is 0 Å². The molecule has 0 aromatic heterocycles. The molecule has 0 aromatic carbocycles. The molecular weight excluding hydrogens is 124 g/mol. The van der Waals surface area contributed by atoms with Crippen molar-refractivity contribution in [1.82, 2.24) is 10.2 Å². The third-order valence-corrected chi connectivity index (χ3v) is 1.89. The lowest BCUT2D eigenvalue weighted by molar-refractivity contribution is 0.318. The van der Waals surface area contributed by atoms with Gasteiger partial charge in [-0.05, 0) is 26.4 Å². The number of allylic oxidation sites excluding steroid dienone is 1. The van der Waals surface area contributed by atoms with Gasteiger partial charge in [0.15, 0.2) is 0 Å². The minimum atomic E-state index is 1.05. The molecule has 1 rings (SSSR count). The van der Waals surface area contributed by atoms with Gasteiger partial charge < -0.3 is 10.2 Å². The van der Waals surface area contributed by atoms with Gasteiger partial charge >= 0.3 is 0 Å². The van der Waals surface area contributed by atoms with Crippen LogP contribution in [0.15, 0.2) is 12.3 Å². The van der Waals surface area contributed by atoms with Gasteiger partial charge in [0, 0.05) is 18.8 Å². The van der Waals surface area contributed by atoms with E-state index in [0.717, 1.165) is 19.5 Å². The van der Waals surface area contributed by atoms with E-state index in [4.69, 9.17) is 0 Å². The summed E-state index contributed by atoms with van der Waals surface area (Å²) in [4.78, 5) is 2.35. The molecule has 1 N–H and O–H groups in total. The number of hydrogen-bond acceptors (Lipinski definition) is 2. The van der Waals surface area contributed by atoms with Crippen LogP contribution in [0, 0.1) is 0 Å². The van der Waals surface area contributed by atoms with Crippen molar-refractivity contribution in [3.63, 3.8) is 0 Å². The van der Waals surface area contributed by atoms with Gasteiger partial charge in [-0.1, -0.05) is 6.58 Å². The standard InChI is InChI=1S/C8H16N2/c1-8-4-3-6-10(2)7-5-9-8/h9H,1,3-7H2,2H3. The molecule has 0 amide bonds. The molecule has 2 heteroatoms. The van der Waals surface area contributed by atoms with Gasteiger partial charge in [-0.15, -0.1) is 0 Å². The minimum Gasteiger partial charge on any atom is -0.388 e. The Hall–Kier alpha value is -0.500. The maximum Gasteiger partial charge on any atom is 0.0271 e. The molecule has 0 atom stereocenters. The van der Waals surface area contributed by atoms with E-state index in [1.54, 1.807) is 0 Å². The highest BCUT2D eigenvalue weighted by atomic mass is 15.1. The summed E-state index contributed by atoms with van der Waals surface area (Å²) >= 11 is 0. The molecule has 0 aromatic rings. The highest BCUT2D eigenvalue weighted by Crippen LogP contribution is 2.02. The summed E-state index contributed by atoms with van der Waals surface area (Å²) in [6.07, 6.45) is 2.37. The van der Waals surface area contributed by atoms with Crippen LogP contribution in [-0.4, -0.2) is 31.6 Å². The van der Waals surface area contributed by atoms with Crippen LogP contribution in [0.4, 0.5) is 0 Å². The quantitative estimate of drug-likeness (QED) is 0.536. The van der Waals surface area contributed by atoms with E-state index in [-0.39, 0.29) is 0 Å². The second kappa shape index (κ2) is 3.62. The van der Waals surface area contributed by atoms with Gasteiger partial charge in [0.1, 0.15) is 0 Å². The Morgan fingerprint density at radius 3 is 3.10 bits per heavy atom. The monoisotopic (exact) mass is 140 g/mol. The first-order valence-corrected chi connectivity index (χ1v) is 3.89. The second-order valence-electron chi connectivity index (χ2n) is 2.94. The normalized spacial score (nSPS) is 23.1. The molecule has 58 valence electrons.